The minimum Gasteiger partial charge on any atom is -0.787 e. The predicted molar refractivity (Wildman–Crippen MR) is 42.4 cm³/mol. The highest BCUT2D eigenvalue weighted by Crippen LogP contribution is 2.21. The van der Waals surface area contributed by atoms with Crippen molar-refractivity contribution in [3.05, 3.63) is 29.0 Å². The van der Waals surface area contributed by atoms with Crippen molar-refractivity contribution in [1.82, 2.24) is 5.48 Å². The summed E-state index contributed by atoms with van der Waals surface area (Å²) in [6.45, 7) is 3.92. The number of hydrogen-bond acceptors (Lipinski definition) is 2. The lowest BCUT2D eigenvalue weighted by atomic mass is 9.90. The first-order chi connectivity index (χ1) is 4.66. The second kappa shape index (κ2) is 2.56. The Bertz CT molecular complexity index is 184. The topological polar surface area (TPSA) is 35.1 Å². The molecule has 2 heteroatoms. The molecule has 56 valence electrons. The molecule has 1 N–H and O–H groups in total. The van der Waals surface area contributed by atoms with Gasteiger partial charge in [-0.05, 0) is 20.3 Å². The van der Waals surface area contributed by atoms with Crippen molar-refractivity contribution < 1.29 is 0 Å². The van der Waals surface area contributed by atoms with Crippen LogP contribution in [0.1, 0.15) is 20.3 Å². The maximum absolute atomic E-state index is 10.4. The fourth-order valence-corrected chi connectivity index (χ4v) is 1.19. The molecule has 0 saturated heterocycles. The molecule has 0 saturated carbocycles. The Hall–Kier alpha value is -0.600. The average molecular weight is 138 g/mol. The minimum atomic E-state index is -0.362. The predicted octanol–water partition coefficient (Wildman–Crippen LogP) is 1.74. The highest BCUT2D eigenvalue weighted by molar-refractivity contribution is 5.25. The van der Waals surface area contributed by atoms with Crippen LogP contribution < -0.4 is 5.48 Å². The van der Waals surface area contributed by atoms with Crippen LogP contribution in [0.15, 0.2) is 23.8 Å². The summed E-state index contributed by atoms with van der Waals surface area (Å²) in [5.74, 6) is 0. The van der Waals surface area contributed by atoms with Crippen LogP contribution in [-0.4, -0.2) is 5.54 Å². The van der Waals surface area contributed by atoms with Crippen molar-refractivity contribution in [3.63, 3.8) is 0 Å². The van der Waals surface area contributed by atoms with Gasteiger partial charge >= 0.3 is 0 Å². The minimum absolute atomic E-state index is 0.362. The van der Waals surface area contributed by atoms with Crippen LogP contribution in [0.4, 0.5) is 0 Å². The molecule has 0 fully saturated rings. The molecular formula is C8H12NO-. The molecule has 0 bridgehead atoms. The highest BCUT2D eigenvalue weighted by Gasteiger charge is 2.17. The van der Waals surface area contributed by atoms with Gasteiger partial charge in [0.1, 0.15) is 0 Å². The van der Waals surface area contributed by atoms with Crippen molar-refractivity contribution >= 4 is 0 Å². The van der Waals surface area contributed by atoms with E-state index in [1.54, 1.807) is 0 Å². The molecule has 0 aromatic carbocycles. The average Bonchev–Trinajstić information content (AvgIpc) is 1.88. The SMILES string of the molecule is CC1=CC=CC(C)(N[O-])C1. The summed E-state index contributed by atoms with van der Waals surface area (Å²) < 4.78 is 0. The van der Waals surface area contributed by atoms with Crippen LogP contribution in [0, 0.1) is 5.21 Å². The van der Waals surface area contributed by atoms with Crippen LogP contribution in [0.2, 0.25) is 0 Å². The molecule has 1 rings (SSSR count). The third kappa shape index (κ3) is 1.46. The lowest BCUT2D eigenvalue weighted by molar-refractivity contribution is 0.492. The second-order valence-electron chi connectivity index (χ2n) is 3.07. The van der Waals surface area contributed by atoms with Gasteiger partial charge in [0.05, 0.1) is 0 Å². The third-order valence-corrected chi connectivity index (χ3v) is 1.72. The number of hydroxylamine groups is 1. The zero-order valence-corrected chi connectivity index (χ0v) is 6.35. The molecule has 10 heavy (non-hydrogen) atoms. The summed E-state index contributed by atoms with van der Waals surface area (Å²) in [6.07, 6.45) is 6.66. The van der Waals surface area contributed by atoms with E-state index in [-0.39, 0.29) is 5.54 Å². The molecular weight excluding hydrogens is 126 g/mol. The van der Waals surface area contributed by atoms with Gasteiger partial charge in [-0.25, -0.2) is 0 Å². The van der Waals surface area contributed by atoms with E-state index in [0.29, 0.717) is 0 Å². The zero-order valence-electron chi connectivity index (χ0n) is 6.35. The molecule has 1 unspecified atom stereocenters. The van der Waals surface area contributed by atoms with Crippen LogP contribution in [0.5, 0.6) is 0 Å². The molecule has 0 aliphatic heterocycles. The Kier molecular flexibility index (Phi) is 1.92. The lowest BCUT2D eigenvalue weighted by Gasteiger charge is -2.33. The van der Waals surface area contributed by atoms with Gasteiger partial charge in [0.2, 0.25) is 0 Å². The van der Waals surface area contributed by atoms with Gasteiger partial charge in [-0.2, -0.15) is 0 Å². The Balaban J connectivity index is 2.71. The van der Waals surface area contributed by atoms with Gasteiger partial charge in [-0.1, -0.05) is 23.8 Å². The summed E-state index contributed by atoms with van der Waals surface area (Å²) in [6, 6.07) is 0. The van der Waals surface area contributed by atoms with E-state index in [1.165, 1.54) is 5.57 Å². The van der Waals surface area contributed by atoms with Crippen LogP contribution in [0.3, 0.4) is 0 Å². The van der Waals surface area contributed by atoms with Gasteiger partial charge in [0.25, 0.3) is 0 Å². The molecule has 1 atom stereocenters. The highest BCUT2D eigenvalue weighted by atomic mass is 16.5. The Labute approximate surface area is 61.2 Å². The molecule has 0 aromatic rings. The summed E-state index contributed by atoms with van der Waals surface area (Å²) in [7, 11) is 0. The summed E-state index contributed by atoms with van der Waals surface area (Å²) in [4.78, 5) is 0. The molecule has 0 spiro atoms. The zero-order chi connectivity index (χ0) is 7.61. The molecule has 0 aromatic heterocycles. The largest absolute Gasteiger partial charge is 0.787 e. The van der Waals surface area contributed by atoms with E-state index in [2.05, 4.69) is 0 Å². The maximum Gasteiger partial charge on any atom is 0.0263 e. The Morgan fingerprint density at radius 3 is 2.80 bits per heavy atom. The van der Waals surface area contributed by atoms with E-state index >= 15 is 0 Å². The molecule has 2 nitrogen and oxygen atoms in total. The van der Waals surface area contributed by atoms with Crippen LogP contribution >= 0.6 is 0 Å². The van der Waals surface area contributed by atoms with Crippen LogP contribution in [-0.2, 0) is 0 Å². The molecule has 0 heterocycles. The Morgan fingerprint density at radius 2 is 2.40 bits per heavy atom. The fraction of sp³-hybridized carbons (Fsp3) is 0.500. The first-order valence-corrected chi connectivity index (χ1v) is 3.41. The number of allylic oxidation sites excluding steroid dienone is 2. The first kappa shape index (κ1) is 7.51. The van der Waals surface area contributed by atoms with Gasteiger partial charge in [0, 0.05) is 5.54 Å². The van der Waals surface area contributed by atoms with E-state index < -0.39 is 0 Å². The van der Waals surface area contributed by atoms with Gasteiger partial charge in [0.15, 0.2) is 0 Å². The normalized spacial score (nSPS) is 32.1. The van der Waals surface area contributed by atoms with E-state index in [1.807, 2.05) is 37.6 Å². The molecule has 1 aliphatic rings. The lowest BCUT2D eigenvalue weighted by Crippen LogP contribution is -2.37. The Morgan fingerprint density at radius 1 is 1.70 bits per heavy atom. The fourth-order valence-electron chi connectivity index (χ4n) is 1.19. The van der Waals surface area contributed by atoms with Crippen molar-refractivity contribution in [2.75, 3.05) is 0 Å². The van der Waals surface area contributed by atoms with Crippen molar-refractivity contribution in [2.45, 2.75) is 25.8 Å². The van der Waals surface area contributed by atoms with Crippen molar-refractivity contribution in [3.8, 4) is 0 Å². The quantitative estimate of drug-likeness (QED) is 0.560. The second-order valence-corrected chi connectivity index (χ2v) is 3.07. The summed E-state index contributed by atoms with van der Waals surface area (Å²) >= 11 is 0. The third-order valence-electron chi connectivity index (χ3n) is 1.72. The summed E-state index contributed by atoms with van der Waals surface area (Å²) in [5.41, 5.74) is 2.91. The first-order valence-electron chi connectivity index (χ1n) is 3.41. The van der Waals surface area contributed by atoms with Gasteiger partial charge < -0.3 is 10.7 Å². The van der Waals surface area contributed by atoms with Gasteiger partial charge in [-0.15, -0.1) is 0 Å². The van der Waals surface area contributed by atoms with Crippen LogP contribution in [0.25, 0.3) is 0 Å². The van der Waals surface area contributed by atoms with Gasteiger partial charge in [-0.3, -0.25) is 0 Å². The monoisotopic (exact) mass is 138 g/mol. The standard InChI is InChI=1S/C8H12NO/c1-7-4-3-5-8(2,6-7)9-10/h3-5,9H,6H2,1-2H3/q-1. The van der Waals surface area contributed by atoms with E-state index in [0.717, 1.165) is 6.42 Å². The molecule has 0 radical (unpaired) electrons. The number of hydrogen-bond donors (Lipinski definition) is 1. The summed E-state index contributed by atoms with van der Waals surface area (Å²) in [5, 5.41) is 10.4. The molecule has 1 aliphatic carbocycles. The number of nitrogens with one attached hydrogen (secondary N) is 1. The van der Waals surface area contributed by atoms with E-state index in [9.17, 15) is 5.21 Å². The van der Waals surface area contributed by atoms with Crippen molar-refractivity contribution in [1.29, 1.82) is 0 Å². The maximum atomic E-state index is 10.4. The number of rotatable bonds is 1. The molecule has 0 amide bonds. The van der Waals surface area contributed by atoms with Crippen molar-refractivity contribution in [2.24, 2.45) is 0 Å². The smallest absolute Gasteiger partial charge is 0.0263 e. The van der Waals surface area contributed by atoms with E-state index in [4.69, 9.17) is 0 Å².